The molecule has 0 bridgehead atoms. The van der Waals surface area contributed by atoms with Crippen LogP contribution in [0.5, 0.6) is 0 Å². The maximum absolute atomic E-state index is 12.8. The van der Waals surface area contributed by atoms with Gasteiger partial charge in [0.05, 0.1) is 0 Å². The Balaban J connectivity index is 1.72. The number of hydrogen-bond acceptors (Lipinski definition) is 2. The number of carbonyl (C=O) groups excluding carboxylic acids is 2. The number of nitrogens with zero attached hydrogens (tertiary/aromatic N) is 1. The van der Waals surface area contributed by atoms with E-state index in [4.69, 9.17) is 0 Å². The van der Waals surface area contributed by atoms with Crippen LogP contribution in [0.15, 0.2) is 48.5 Å². The van der Waals surface area contributed by atoms with Crippen LogP contribution in [0, 0.1) is 12.8 Å². The van der Waals surface area contributed by atoms with E-state index in [1.807, 2.05) is 69.3 Å². The van der Waals surface area contributed by atoms with Crippen LogP contribution in [0.3, 0.4) is 0 Å². The number of fused-ring (bicyclic) bond motifs is 1. The molecule has 1 heterocycles. The highest BCUT2D eigenvalue weighted by atomic mass is 16.2. The molecule has 1 N–H and O–H groups in total. The zero-order chi connectivity index (χ0) is 18.0. The summed E-state index contributed by atoms with van der Waals surface area (Å²) in [4.78, 5) is 27.2. The third-order valence-electron chi connectivity index (χ3n) is 4.67. The van der Waals surface area contributed by atoms with E-state index in [-0.39, 0.29) is 17.7 Å². The van der Waals surface area contributed by atoms with E-state index < -0.39 is 6.04 Å². The summed E-state index contributed by atoms with van der Waals surface area (Å²) >= 11 is 0. The van der Waals surface area contributed by atoms with Gasteiger partial charge in [0.1, 0.15) is 6.04 Å². The number of amides is 2. The molecule has 0 aliphatic carbocycles. The molecule has 2 amide bonds. The van der Waals surface area contributed by atoms with Gasteiger partial charge >= 0.3 is 0 Å². The second kappa shape index (κ2) is 7.09. The molecule has 0 saturated heterocycles. The maximum atomic E-state index is 12.8. The molecule has 4 heteroatoms. The van der Waals surface area contributed by atoms with Crippen molar-refractivity contribution in [1.29, 1.82) is 0 Å². The highest BCUT2D eigenvalue weighted by Gasteiger charge is 2.37. The highest BCUT2D eigenvalue weighted by molar-refractivity contribution is 6.01. The Labute approximate surface area is 148 Å². The summed E-state index contributed by atoms with van der Waals surface area (Å²) in [5.74, 6) is -0.118. The largest absolute Gasteiger partial charge is 0.350 e. The molecular weight excluding hydrogens is 312 g/mol. The van der Waals surface area contributed by atoms with Gasteiger partial charge < -0.3 is 10.2 Å². The third-order valence-corrected chi connectivity index (χ3v) is 4.67. The van der Waals surface area contributed by atoms with Gasteiger partial charge in [0.2, 0.25) is 5.91 Å². The molecule has 4 nitrogen and oxygen atoms in total. The van der Waals surface area contributed by atoms with E-state index in [9.17, 15) is 9.59 Å². The van der Waals surface area contributed by atoms with Crippen molar-refractivity contribution in [2.45, 2.75) is 39.9 Å². The zero-order valence-electron chi connectivity index (χ0n) is 15.0. The van der Waals surface area contributed by atoms with Gasteiger partial charge in [0, 0.05) is 18.7 Å². The van der Waals surface area contributed by atoms with Crippen LogP contribution in [0.25, 0.3) is 0 Å². The summed E-state index contributed by atoms with van der Waals surface area (Å²) in [5, 5.41) is 2.99. The van der Waals surface area contributed by atoms with Crippen LogP contribution in [0.4, 0.5) is 0 Å². The van der Waals surface area contributed by atoms with Crippen molar-refractivity contribution in [2.75, 3.05) is 0 Å². The Morgan fingerprint density at radius 1 is 1.12 bits per heavy atom. The first-order valence-corrected chi connectivity index (χ1v) is 8.69. The fraction of sp³-hybridized carbons (Fsp3) is 0.333. The van der Waals surface area contributed by atoms with Crippen LogP contribution in [0.1, 0.15) is 40.9 Å². The molecule has 3 rings (SSSR count). The van der Waals surface area contributed by atoms with Gasteiger partial charge in [-0.25, -0.2) is 0 Å². The van der Waals surface area contributed by atoms with E-state index >= 15 is 0 Å². The third kappa shape index (κ3) is 3.58. The Kier molecular flexibility index (Phi) is 4.88. The Hall–Kier alpha value is -2.62. The average molecular weight is 336 g/mol. The normalized spacial score (nSPS) is 14.6. The first-order valence-electron chi connectivity index (χ1n) is 8.69. The molecule has 2 aromatic rings. The molecule has 130 valence electrons. The van der Waals surface area contributed by atoms with Crippen molar-refractivity contribution < 1.29 is 9.59 Å². The molecule has 0 radical (unpaired) electrons. The molecule has 25 heavy (non-hydrogen) atoms. The van der Waals surface area contributed by atoms with Gasteiger partial charge in [-0.05, 0) is 30.0 Å². The molecule has 0 unspecified atom stereocenters. The fourth-order valence-corrected chi connectivity index (χ4v) is 3.31. The maximum Gasteiger partial charge on any atom is 0.255 e. The average Bonchev–Trinajstić information content (AvgIpc) is 2.91. The van der Waals surface area contributed by atoms with E-state index in [1.165, 1.54) is 5.56 Å². The molecule has 1 atom stereocenters. The Morgan fingerprint density at radius 2 is 1.80 bits per heavy atom. The number of hydrogen-bond donors (Lipinski definition) is 1. The van der Waals surface area contributed by atoms with Gasteiger partial charge in [0.15, 0.2) is 0 Å². The monoisotopic (exact) mass is 336 g/mol. The van der Waals surface area contributed by atoms with Crippen molar-refractivity contribution >= 4 is 11.8 Å². The summed E-state index contributed by atoms with van der Waals surface area (Å²) in [6.45, 7) is 6.96. The number of aryl methyl sites for hydroxylation is 1. The van der Waals surface area contributed by atoms with Crippen LogP contribution in [-0.2, 0) is 17.9 Å². The van der Waals surface area contributed by atoms with Gasteiger partial charge in [-0.2, -0.15) is 0 Å². The van der Waals surface area contributed by atoms with Crippen molar-refractivity contribution in [1.82, 2.24) is 10.2 Å². The SMILES string of the molecule is Cc1ccc(CNC(=O)[C@@H](C(C)C)N2Cc3ccccc3C2=O)cc1. The number of carbonyl (C=O) groups is 2. The van der Waals surface area contributed by atoms with Gasteiger partial charge in [-0.3, -0.25) is 9.59 Å². The predicted octanol–water partition coefficient (Wildman–Crippen LogP) is 3.29. The first-order chi connectivity index (χ1) is 12.0. The summed E-state index contributed by atoms with van der Waals surface area (Å²) in [7, 11) is 0. The lowest BCUT2D eigenvalue weighted by molar-refractivity contribution is -0.127. The minimum absolute atomic E-state index is 0.0382. The summed E-state index contributed by atoms with van der Waals surface area (Å²) in [6, 6.07) is 15.2. The molecule has 1 aliphatic rings. The molecule has 2 aromatic carbocycles. The van der Waals surface area contributed by atoms with E-state index in [1.54, 1.807) is 4.90 Å². The lowest BCUT2D eigenvalue weighted by Crippen LogP contribution is -2.49. The quantitative estimate of drug-likeness (QED) is 0.911. The van der Waals surface area contributed by atoms with Gasteiger partial charge in [-0.1, -0.05) is 61.9 Å². The van der Waals surface area contributed by atoms with Crippen molar-refractivity contribution in [3.8, 4) is 0 Å². The minimum Gasteiger partial charge on any atom is -0.350 e. The number of benzene rings is 2. The van der Waals surface area contributed by atoms with Crippen LogP contribution in [0.2, 0.25) is 0 Å². The second-order valence-corrected chi connectivity index (χ2v) is 6.98. The Morgan fingerprint density at radius 3 is 2.44 bits per heavy atom. The van der Waals surface area contributed by atoms with E-state index in [0.717, 1.165) is 11.1 Å². The van der Waals surface area contributed by atoms with Crippen molar-refractivity contribution in [2.24, 2.45) is 5.92 Å². The minimum atomic E-state index is -0.467. The van der Waals surface area contributed by atoms with Gasteiger partial charge in [-0.15, -0.1) is 0 Å². The van der Waals surface area contributed by atoms with Gasteiger partial charge in [0.25, 0.3) is 5.91 Å². The van der Waals surface area contributed by atoms with E-state index in [2.05, 4.69) is 5.32 Å². The predicted molar refractivity (Wildman–Crippen MR) is 98.0 cm³/mol. The standard InChI is InChI=1S/C21H24N2O2/c1-14(2)19(20(24)22-12-16-10-8-15(3)9-11-16)23-13-17-6-4-5-7-18(17)21(23)25/h4-11,14,19H,12-13H2,1-3H3,(H,22,24)/t19-/m1/s1. The lowest BCUT2D eigenvalue weighted by atomic mass is 10.0. The Bertz CT molecular complexity index is 781. The van der Waals surface area contributed by atoms with E-state index in [0.29, 0.717) is 18.7 Å². The highest BCUT2D eigenvalue weighted by Crippen LogP contribution is 2.27. The first kappa shape index (κ1) is 17.2. The molecule has 0 saturated carbocycles. The molecule has 0 spiro atoms. The van der Waals surface area contributed by atoms with Crippen LogP contribution < -0.4 is 5.32 Å². The lowest BCUT2D eigenvalue weighted by Gasteiger charge is -2.30. The van der Waals surface area contributed by atoms with Crippen molar-refractivity contribution in [3.05, 3.63) is 70.8 Å². The number of rotatable bonds is 5. The topological polar surface area (TPSA) is 49.4 Å². The van der Waals surface area contributed by atoms with Crippen LogP contribution in [-0.4, -0.2) is 22.8 Å². The second-order valence-electron chi connectivity index (χ2n) is 6.98. The molecular formula is C21H24N2O2. The smallest absolute Gasteiger partial charge is 0.255 e. The zero-order valence-corrected chi connectivity index (χ0v) is 15.0. The molecule has 0 aromatic heterocycles. The number of nitrogens with one attached hydrogen (secondary N) is 1. The molecule has 1 aliphatic heterocycles. The fourth-order valence-electron chi connectivity index (χ4n) is 3.31. The van der Waals surface area contributed by atoms with Crippen LogP contribution >= 0.6 is 0 Å². The summed E-state index contributed by atoms with van der Waals surface area (Å²) in [6.07, 6.45) is 0. The molecule has 0 fully saturated rings. The summed E-state index contributed by atoms with van der Waals surface area (Å²) < 4.78 is 0. The van der Waals surface area contributed by atoms with Crippen molar-refractivity contribution in [3.63, 3.8) is 0 Å². The summed E-state index contributed by atoms with van der Waals surface area (Å²) in [5.41, 5.74) is 3.94.